The first-order valence-corrected chi connectivity index (χ1v) is 7.72. The van der Waals surface area contributed by atoms with Crippen LogP contribution in [0.25, 0.3) is 5.57 Å². The van der Waals surface area contributed by atoms with E-state index in [2.05, 4.69) is 4.98 Å². The number of aromatic nitrogens is 1. The fourth-order valence-electron chi connectivity index (χ4n) is 2.75. The third-order valence-corrected chi connectivity index (χ3v) is 4.19. The van der Waals surface area contributed by atoms with E-state index in [-0.39, 0.29) is 11.5 Å². The molecular formula is C19H19NO4. The maximum Gasteiger partial charge on any atom is 0.337 e. The van der Waals surface area contributed by atoms with Crippen LogP contribution < -0.4 is 0 Å². The van der Waals surface area contributed by atoms with Crippen LogP contribution in [0.3, 0.4) is 0 Å². The number of aromatic carboxylic acids is 1. The number of rotatable bonds is 3. The molecule has 0 atom stereocenters. The van der Waals surface area contributed by atoms with Crippen LogP contribution in [0.2, 0.25) is 0 Å². The second kappa shape index (κ2) is 5.67. The Hall–Kier alpha value is -2.82. The summed E-state index contributed by atoms with van der Waals surface area (Å²) in [6, 6.07) is 9.39. The highest BCUT2D eigenvalue weighted by Gasteiger charge is 2.40. The van der Waals surface area contributed by atoms with Gasteiger partial charge < -0.3 is 14.8 Å². The van der Waals surface area contributed by atoms with E-state index in [9.17, 15) is 9.59 Å². The van der Waals surface area contributed by atoms with Crippen molar-refractivity contribution in [2.45, 2.75) is 27.2 Å². The minimum atomic E-state index is -1.01. The van der Waals surface area contributed by atoms with E-state index < -0.39 is 11.4 Å². The van der Waals surface area contributed by atoms with Gasteiger partial charge in [0.1, 0.15) is 5.76 Å². The fraction of sp³-hybridized carbons (Fsp3) is 0.263. The zero-order chi connectivity index (χ0) is 17.5. The highest BCUT2D eigenvalue weighted by molar-refractivity contribution is 5.91. The highest BCUT2D eigenvalue weighted by Crippen LogP contribution is 2.41. The van der Waals surface area contributed by atoms with Gasteiger partial charge >= 0.3 is 11.9 Å². The zero-order valence-electron chi connectivity index (χ0n) is 13.8. The van der Waals surface area contributed by atoms with Gasteiger partial charge in [-0.15, -0.1) is 0 Å². The highest BCUT2D eigenvalue weighted by atomic mass is 16.5. The van der Waals surface area contributed by atoms with Gasteiger partial charge in [0.2, 0.25) is 0 Å². The predicted octanol–water partition coefficient (Wildman–Crippen LogP) is 3.75. The molecule has 1 saturated heterocycles. The van der Waals surface area contributed by atoms with Crippen LogP contribution >= 0.6 is 0 Å². The third-order valence-electron chi connectivity index (χ3n) is 4.19. The van der Waals surface area contributed by atoms with Crippen molar-refractivity contribution < 1.29 is 19.4 Å². The standard InChI is InChI=1S/C19H19NO4/c1-11-4-6-12(7-5-11)16(14-8-13(10-20-14)17(21)22)15-9-19(2,3)18(23)24-15/h4-8,10,20H,9H2,1-3H3,(H,21,22). The number of carboxylic acid groups (broad SMARTS) is 1. The first kappa shape index (κ1) is 16.1. The summed E-state index contributed by atoms with van der Waals surface area (Å²) in [4.78, 5) is 26.2. The van der Waals surface area contributed by atoms with Crippen LogP contribution in [0.15, 0.2) is 42.3 Å². The van der Waals surface area contributed by atoms with Crippen LogP contribution in [0.1, 0.15) is 47.4 Å². The number of hydrogen-bond donors (Lipinski definition) is 2. The zero-order valence-corrected chi connectivity index (χ0v) is 13.8. The number of allylic oxidation sites excluding steroid dienone is 1. The molecule has 2 N–H and O–H groups in total. The first-order valence-electron chi connectivity index (χ1n) is 7.72. The van der Waals surface area contributed by atoms with Crippen LogP contribution in [-0.4, -0.2) is 22.0 Å². The van der Waals surface area contributed by atoms with Gasteiger partial charge in [0.15, 0.2) is 0 Å². The fourth-order valence-corrected chi connectivity index (χ4v) is 2.75. The maximum atomic E-state index is 12.1. The number of cyclic esters (lactones) is 1. The Balaban J connectivity index is 2.16. The molecule has 5 heteroatoms. The van der Waals surface area contributed by atoms with Crippen molar-refractivity contribution in [3.63, 3.8) is 0 Å². The number of esters is 1. The number of carbonyl (C=O) groups is 2. The Morgan fingerprint density at radius 1 is 1.21 bits per heavy atom. The molecule has 24 heavy (non-hydrogen) atoms. The molecule has 1 aliphatic rings. The smallest absolute Gasteiger partial charge is 0.337 e. The van der Waals surface area contributed by atoms with E-state index in [1.807, 2.05) is 45.0 Å². The number of H-pyrrole nitrogens is 1. The van der Waals surface area contributed by atoms with E-state index >= 15 is 0 Å². The molecular weight excluding hydrogens is 306 g/mol. The molecule has 0 aliphatic carbocycles. The lowest BCUT2D eigenvalue weighted by molar-refractivity contribution is -0.142. The topological polar surface area (TPSA) is 79.4 Å². The molecule has 1 fully saturated rings. The van der Waals surface area contributed by atoms with Crippen molar-refractivity contribution in [3.05, 3.63) is 64.7 Å². The minimum absolute atomic E-state index is 0.166. The van der Waals surface area contributed by atoms with Gasteiger partial charge in [-0.25, -0.2) is 4.79 Å². The van der Waals surface area contributed by atoms with E-state index in [4.69, 9.17) is 9.84 Å². The normalized spacial score (nSPS) is 18.4. The summed E-state index contributed by atoms with van der Waals surface area (Å²) in [7, 11) is 0. The molecule has 0 unspecified atom stereocenters. The average molecular weight is 325 g/mol. The molecule has 2 aromatic rings. The van der Waals surface area contributed by atoms with Gasteiger partial charge in [0.05, 0.1) is 16.7 Å². The number of carbonyl (C=O) groups excluding carboxylic acids is 1. The molecule has 0 amide bonds. The largest absolute Gasteiger partial charge is 0.478 e. The van der Waals surface area contributed by atoms with Crippen molar-refractivity contribution in [1.29, 1.82) is 0 Å². The predicted molar refractivity (Wildman–Crippen MR) is 89.4 cm³/mol. The summed E-state index contributed by atoms with van der Waals surface area (Å²) in [5.41, 5.74) is 2.91. The van der Waals surface area contributed by atoms with Crippen molar-refractivity contribution in [2.75, 3.05) is 0 Å². The molecule has 1 aromatic heterocycles. The lowest BCUT2D eigenvalue weighted by Gasteiger charge is -2.11. The van der Waals surface area contributed by atoms with Gasteiger partial charge in [-0.05, 0) is 32.4 Å². The van der Waals surface area contributed by atoms with E-state index in [0.717, 1.165) is 16.7 Å². The number of nitrogens with one attached hydrogen (secondary N) is 1. The molecule has 0 spiro atoms. The molecule has 0 bridgehead atoms. The third kappa shape index (κ3) is 2.85. The molecule has 1 aromatic carbocycles. The quantitative estimate of drug-likeness (QED) is 0.842. The monoisotopic (exact) mass is 325 g/mol. The maximum absolute atomic E-state index is 12.1. The SMILES string of the molecule is Cc1ccc(C(=C2CC(C)(C)C(=O)O2)c2cc(C(=O)O)c[nH]2)cc1. The number of ether oxygens (including phenoxy) is 1. The number of aryl methyl sites for hydroxylation is 1. The average Bonchev–Trinajstić information content (AvgIpc) is 3.07. The van der Waals surface area contributed by atoms with Crippen molar-refractivity contribution in [1.82, 2.24) is 4.98 Å². The second-order valence-electron chi connectivity index (χ2n) is 6.72. The lowest BCUT2D eigenvalue weighted by atomic mass is 9.89. The molecule has 124 valence electrons. The Kier molecular flexibility index (Phi) is 3.79. The minimum Gasteiger partial charge on any atom is -0.478 e. The summed E-state index contributed by atoms with van der Waals surface area (Å²) in [5.74, 6) is -0.714. The second-order valence-corrected chi connectivity index (χ2v) is 6.72. The Bertz CT molecular complexity index is 841. The molecule has 0 saturated carbocycles. The van der Waals surface area contributed by atoms with Gasteiger partial charge in [-0.1, -0.05) is 29.8 Å². The number of benzene rings is 1. The van der Waals surface area contributed by atoms with Gasteiger partial charge in [-0.3, -0.25) is 4.79 Å². The van der Waals surface area contributed by atoms with Crippen molar-refractivity contribution in [3.8, 4) is 0 Å². The van der Waals surface area contributed by atoms with Gasteiger partial charge in [0, 0.05) is 18.2 Å². The number of carboxylic acids is 1. The summed E-state index contributed by atoms with van der Waals surface area (Å²) < 4.78 is 5.52. The molecule has 1 aliphatic heterocycles. The Morgan fingerprint density at radius 2 is 1.88 bits per heavy atom. The molecule has 0 radical (unpaired) electrons. The van der Waals surface area contributed by atoms with Gasteiger partial charge in [0.25, 0.3) is 0 Å². The van der Waals surface area contributed by atoms with Gasteiger partial charge in [-0.2, -0.15) is 0 Å². The van der Waals surface area contributed by atoms with Crippen molar-refractivity contribution >= 4 is 17.5 Å². The summed E-state index contributed by atoms with van der Waals surface area (Å²) in [5, 5.41) is 9.16. The van der Waals surface area contributed by atoms with E-state index in [1.165, 1.54) is 6.20 Å². The summed E-state index contributed by atoms with van der Waals surface area (Å²) in [6.45, 7) is 5.67. The number of hydrogen-bond acceptors (Lipinski definition) is 3. The van der Waals surface area contributed by atoms with Crippen LogP contribution in [0, 0.1) is 12.3 Å². The summed E-state index contributed by atoms with van der Waals surface area (Å²) in [6.07, 6.45) is 1.91. The van der Waals surface area contributed by atoms with Crippen molar-refractivity contribution in [2.24, 2.45) is 5.41 Å². The molecule has 3 rings (SSSR count). The Morgan fingerprint density at radius 3 is 2.38 bits per heavy atom. The van der Waals surface area contributed by atoms with E-state index in [1.54, 1.807) is 6.07 Å². The molecule has 5 nitrogen and oxygen atoms in total. The van der Waals surface area contributed by atoms with Crippen LogP contribution in [-0.2, 0) is 9.53 Å². The summed E-state index contributed by atoms with van der Waals surface area (Å²) >= 11 is 0. The first-order chi connectivity index (χ1) is 11.3. The molecule has 2 heterocycles. The van der Waals surface area contributed by atoms with Crippen LogP contribution in [0.4, 0.5) is 0 Å². The lowest BCUT2D eigenvalue weighted by Crippen LogP contribution is -2.16. The van der Waals surface area contributed by atoms with Crippen LogP contribution in [0.5, 0.6) is 0 Å². The Labute approximate surface area is 140 Å². The number of aromatic amines is 1. The van der Waals surface area contributed by atoms with E-state index in [0.29, 0.717) is 17.9 Å².